The second-order valence-electron chi connectivity index (χ2n) is 3.14. The molecule has 0 amide bonds. The summed E-state index contributed by atoms with van der Waals surface area (Å²) in [6.45, 7) is 0. The molecule has 0 bridgehead atoms. The fourth-order valence-corrected chi connectivity index (χ4v) is 1.65. The minimum atomic E-state index is 0.804. The molecule has 1 fully saturated rings. The molecule has 0 radical (unpaired) electrons. The van der Waals surface area contributed by atoms with E-state index in [1.165, 1.54) is 11.6 Å². The lowest BCUT2D eigenvalue weighted by atomic mass is 10.2. The van der Waals surface area contributed by atoms with Gasteiger partial charge in [0.05, 0.1) is 6.26 Å². The molecule has 1 aromatic rings. The summed E-state index contributed by atoms with van der Waals surface area (Å²) in [5.41, 5.74) is 1.08. The molecule has 1 heterocycles. The molecule has 1 nitrogen and oxygen atoms in total. The van der Waals surface area contributed by atoms with Crippen LogP contribution >= 0.6 is 0 Å². The Kier molecular flexibility index (Phi) is 0.652. The van der Waals surface area contributed by atoms with Gasteiger partial charge in [-0.25, -0.2) is 0 Å². The van der Waals surface area contributed by atoms with Crippen LogP contribution in [0.15, 0.2) is 16.7 Å². The summed E-state index contributed by atoms with van der Waals surface area (Å²) in [6.07, 6.45) is 7.68. The van der Waals surface area contributed by atoms with Gasteiger partial charge in [0, 0.05) is 5.22 Å². The standard InChI is InChI=1S/C9H8O/c1-2-10-9-5-8-4-7(8)3-6(1)9/h1-3,5,7-8H,4H2. The van der Waals surface area contributed by atoms with Gasteiger partial charge in [0.2, 0.25) is 0 Å². The summed E-state index contributed by atoms with van der Waals surface area (Å²) < 4.78 is 5.27. The molecule has 3 rings (SSSR count). The highest BCUT2D eigenvalue weighted by atomic mass is 16.3. The number of hydrogen-bond donors (Lipinski definition) is 0. The van der Waals surface area contributed by atoms with Crippen molar-refractivity contribution < 1.29 is 4.42 Å². The van der Waals surface area contributed by atoms with Crippen LogP contribution in [0.2, 0.25) is 0 Å². The maximum Gasteiger partial charge on any atom is 0.129 e. The van der Waals surface area contributed by atoms with Crippen molar-refractivity contribution >= 4 is 12.2 Å². The largest absolute Gasteiger partial charge is 0.465 e. The lowest BCUT2D eigenvalue weighted by Crippen LogP contribution is -2.22. The Balaban J connectivity index is 2.46. The first-order valence-electron chi connectivity index (χ1n) is 3.71. The van der Waals surface area contributed by atoms with E-state index in [1.807, 2.05) is 6.07 Å². The molecule has 0 aromatic carbocycles. The van der Waals surface area contributed by atoms with E-state index in [4.69, 9.17) is 4.42 Å². The molecular weight excluding hydrogens is 124 g/mol. The van der Waals surface area contributed by atoms with Crippen LogP contribution in [0, 0.1) is 11.8 Å². The summed E-state index contributed by atoms with van der Waals surface area (Å²) in [5, 5.41) is 1.29. The molecule has 1 saturated carbocycles. The fraction of sp³-hybridized carbons (Fsp3) is 0.333. The van der Waals surface area contributed by atoms with E-state index in [-0.39, 0.29) is 0 Å². The molecule has 1 heteroatoms. The molecule has 10 heavy (non-hydrogen) atoms. The van der Waals surface area contributed by atoms with E-state index in [9.17, 15) is 0 Å². The molecule has 2 aliphatic rings. The van der Waals surface area contributed by atoms with E-state index in [0.29, 0.717) is 0 Å². The third-order valence-corrected chi connectivity index (χ3v) is 2.38. The molecule has 0 spiro atoms. The van der Waals surface area contributed by atoms with Crippen molar-refractivity contribution in [3.8, 4) is 0 Å². The first-order chi connectivity index (χ1) is 4.93. The van der Waals surface area contributed by atoms with Gasteiger partial charge in [0.15, 0.2) is 0 Å². The second-order valence-corrected chi connectivity index (χ2v) is 3.14. The van der Waals surface area contributed by atoms with Crippen LogP contribution in [0.5, 0.6) is 0 Å². The number of rotatable bonds is 0. The van der Waals surface area contributed by atoms with Crippen LogP contribution in [0.25, 0.3) is 12.2 Å². The zero-order valence-corrected chi connectivity index (χ0v) is 5.58. The molecule has 0 aliphatic heterocycles. The van der Waals surface area contributed by atoms with Crippen molar-refractivity contribution in [3.05, 3.63) is 23.0 Å². The summed E-state index contributed by atoms with van der Waals surface area (Å²) in [7, 11) is 0. The highest BCUT2D eigenvalue weighted by Crippen LogP contribution is 2.41. The van der Waals surface area contributed by atoms with Gasteiger partial charge in [0.1, 0.15) is 5.42 Å². The third kappa shape index (κ3) is 0.480. The van der Waals surface area contributed by atoms with Crippen LogP contribution in [0.3, 0.4) is 0 Å². The smallest absolute Gasteiger partial charge is 0.129 e. The first kappa shape index (κ1) is 4.78. The third-order valence-electron chi connectivity index (χ3n) is 2.38. The monoisotopic (exact) mass is 132 g/mol. The number of fused-ring (bicyclic) bond motifs is 2. The molecule has 1 aromatic heterocycles. The predicted octanol–water partition coefficient (Wildman–Crippen LogP) is 0.490. The van der Waals surface area contributed by atoms with Gasteiger partial charge in [-0.2, -0.15) is 0 Å². The first-order valence-corrected chi connectivity index (χ1v) is 3.71. The van der Waals surface area contributed by atoms with Crippen molar-refractivity contribution in [1.29, 1.82) is 0 Å². The normalized spacial score (nSPS) is 33.2. The minimum Gasteiger partial charge on any atom is -0.465 e. The summed E-state index contributed by atoms with van der Waals surface area (Å²) in [4.78, 5) is 0. The van der Waals surface area contributed by atoms with Crippen LogP contribution in [-0.2, 0) is 0 Å². The van der Waals surface area contributed by atoms with Crippen LogP contribution < -0.4 is 10.6 Å². The molecule has 0 saturated heterocycles. The Hall–Kier alpha value is -0.980. The Morgan fingerprint density at radius 3 is 3.20 bits per heavy atom. The Morgan fingerprint density at radius 2 is 2.20 bits per heavy atom. The van der Waals surface area contributed by atoms with Gasteiger partial charge in [-0.15, -0.1) is 0 Å². The molecule has 50 valence electrons. The highest BCUT2D eigenvalue weighted by molar-refractivity contribution is 5.47. The van der Waals surface area contributed by atoms with E-state index in [2.05, 4.69) is 12.2 Å². The van der Waals surface area contributed by atoms with Gasteiger partial charge >= 0.3 is 0 Å². The zero-order valence-electron chi connectivity index (χ0n) is 5.58. The quantitative estimate of drug-likeness (QED) is 0.500. The zero-order chi connectivity index (χ0) is 6.55. The Bertz CT molecular complexity index is 337. The lowest BCUT2D eigenvalue weighted by Gasteiger charge is -1.89. The van der Waals surface area contributed by atoms with Crippen LogP contribution in [0.1, 0.15) is 6.42 Å². The van der Waals surface area contributed by atoms with E-state index in [1.54, 1.807) is 6.26 Å². The molecular formula is C9H8O. The van der Waals surface area contributed by atoms with E-state index in [0.717, 1.165) is 17.3 Å². The topological polar surface area (TPSA) is 13.1 Å². The summed E-state index contributed by atoms with van der Waals surface area (Å²) in [5.74, 6) is 1.64. The summed E-state index contributed by atoms with van der Waals surface area (Å²) >= 11 is 0. The molecule has 2 aliphatic carbocycles. The fourth-order valence-electron chi connectivity index (χ4n) is 1.65. The van der Waals surface area contributed by atoms with E-state index < -0.39 is 0 Å². The summed E-state index contributed by atoms with van der Waals surface area (Å²) in [6, 6.07) is 2.04. The average molecular weight is 132 g/mol. The van der Waals surface area contributed by atoms with Gasteiger partial charge in [-0.3, -0.25) is 0 Å². The minimum absolute atomic E-state index is 0.804. The maximum absolute atomic E-state index is 5.27. The van der Waals surface area contributed by atoms with Gasteiger partial charge in [-0.1, -0.05) is 6.08 Å². The van der Waals surface area contributed by atoms with E-state index >= 15 is 0 Å². The second kappa shape index (κ2) is 1.36. The van der Waals surface area contributed by atoms with Gasteiger partial charge in [0.25, 0.3) is 0 Å². The van der Waals surface area contributed by atoms with Crippen molar-refractivity contribution in [2.24, 2.45) is 11.8 Å². The average Bonchev–Trinajstić information content (AvgIpc) is 2.52. The Morgan fingerprint density at radius 1 is 1.30 bits per heavy atom. The predicted molar refractivity (Wildman–Crippen MR) is 38.5 cm³/mol. The molecule has 0 N–H and O–H groups in total. The number of hydrogen-bond acceptors (Lipinski definition) is 1. The lowest BCUT2D eigenvalue weighted by molar-refractivity contribution is 0.527. The van der Waals surface area contributed by atoms with Crippen molar-refractivity contribution in [2.75, 3.05) is 0 Å². The van der Waals surface area contributed by atoms with Crippen LogP contribution in [-0.4, -0.2) is 0 Å². The van der Waals surface area contributed by atoms with Crippen molar-refractivity contribution in [1.82, 2.24) is 0 Å². The molecule has 2 unspecified atom stereocenters. The maximum atomic E-state index is 5.27. The van der Waals surface area contributed by atoms with Crippen LogP contribution in [0.4, 0.5) is 0 Å². The van der Waals surface area contributed by atoms with Crippen molar-refractivity contribution in [3.63, 3.8) is 0 Å². The number of furan rings is 1. The SMILES string of the molecule is C1=c2ccoc2=CC2CC12. The van der Waals surface area contributed by atoms with Gasteiger partial charge in [-0.05, 0) is 30.4 Å². The molecule has 2 atom stereocenters. The Labute approximate surface area is 58.7 Å². The highest BCUT2D eigenvalue weighted by Gasteiger charge is 2.34. The van der Waals surface area contributed by atoms with Crippen molar-refractivity contribution in [2.45, 2.75) is 6.42 Å². The van der Waals surface area contributed by atoms with Gasteiger partial charge < -0.3 is 4.42 Å².